The predicted octanol–water partition coefficient (Wildman–Crippen LogP) is 3.00. The topological polar surface area (TPSA) is 49.4 Å². The van der Waals surface area contributed by atoms with Crippen LogP contribution in [0.2, 0.25) is 0 Å². The Labute approximate surface area is 127 Å². The van der Waals surface area contributed by atoms with Crippen LogP contribution in [-0.4, -0.2) is 31.4 Å². The molecule has 1 N–H and O–H groups in total. The molecule has 1 aromatic carbocycles. The maximum absolute atomic E-state index is 13.0. The summed E-state index contributed by atoms with van der Waals surface area (Å²) in [7, 11) is -3.40. The van der Waals surface area contributed by atoms with Gasteiger partial charge in [-0.15, -0.1) is 0 Å². The Hall–Kier alpha value is -1.07. The van der Waals surface area contributed by atoms with Crippen molar-refractivity contribution in [3.05, 3.63) is 23.8 Å². The fourth-order valence-corrected chi connectivity index (χ4v) is 5.50. The van der Waals surface area contributed by atoms with Gasteiger partial charge in [0.25, 0.3) is 0 Å². The van der Waals surface area contributed by atoms with Crippen LogP contribution in [0.4, 0.5) is 5.69 Å². The number of rotatable bonds is 2. The van der Waals surface area contributed by atoms with Gasteiger partial charge in [0.1, 0.15) is 0 Å². The summed E-state index contributed by atoms with van der Waals surface area (Å²) in [5.74, 6) is 0. The van der Waals surface area contributed by atoms with Gasteiger partial charge in [-0.25, -0.2) is 8.42 Å². The maximum atomic E-state index is 13.0. The normalized spacial score (nSPS) is 27.0. The van der Waals surface area contributed by atoms with Crippen LogP contribution < -0.4 is 5.32 Å². The van der Waals surface area contributed by atoms with Gasteiger partial charge in [-0.3, -0.25) is 0 Å². The number of benzene rings is 1. The van der Waals surface area contributed by atoms with E-state index in [0.29, 0.717) is 4.90 Å². The average Bonchev–Trinajstić information content (AvgIpc) is 2.46. The van der Waals surface area contributed by atoms with E-state index in [1.807, 2.05) is 26.0 Å². The van der Waals surface area contributed by atoms with Crippen molar-refractivity contribution in [1.29, 1.82) is 0 Å². The number of anilines is 1. The van der Waals surface area contributed by atoms with Crippen molar-refractivity contribution in [3.8, 4) is 0 Å². The lowest BCUT2D eigenvalue weighted by Gasteiger charge is -2.37. The molecule has 3 rings (SSSR count). The highest BCUT2D eigenvalue weighted by Gasteiger charge is 2.35. The molecule has 116 valence electrons. The van der Waals surface area contributed by atoms with Gasteiger partial charge in [0, 0.05) is 24.3 Å². The Bertz CT molecular complexity index is 617. The van der Waals surface area contributed by atoms with Crippen molar-refractivity contribution in [2.75, 3.05) is 11.9 Å². The predicted molar refractivity (Wildman–Crippen MR) is 85.1 cm³/mol. The van der Waals surface area contributed by atoms with Crippen LogP contribution in [0.25, 0.3) is 0 Å². The van der Waals surface area contributed by atoms with E-state index in [1.54, 1.807) is 10.4 Å². The number of hydrogen-bond donors (Lipinski definition) is 1. The summed E-state index contributed by atoms with van der Waals surface area (Å²) in [5.41, 5.74) is 2.21. The molecule has 1 saturated heterocycles. The number of nitrogens with zero attached hydrogens (tertiary/aromatic N) is 1. The highest BCUT2D eigenvalue weighted by atomic mass is 32.2. The van der Waals surface area contributed by atoms with Crippen LogP contribution in [0.3, 0.4) is 0 Å². The zero-order chi connectivity index (χ0) is 15.0. The van der Waals surface area contributed by atoms with Crippen molar-refractivity contribution in [1.82, 2.24) is 4.31 Å². The Morgan fingerprint density at radius 3 is 2.57 bits per heavy atom. The summed E-state index contributed by atoms with van der Waals surface area (Å²) in [4.78, 5) is 0.427. The van der Waals surface area contributed by atoms with Gasteiger partial charge in [-0.2, -0.15) is 4.31 Å². The summed E-state index contributed by atoms with van der Waals surface area (Å²) in [6.07, 6.45) is 5.15. The maximum Gasteiger partial charge on any atom is 0.243 e. The van der Waals surface area contributed by atoms with Crippen molar-refractivity contribution in [2.45, 2.75) is 62.9 Å². The molecule has 0 radical (unpaired) electrons. The van der Waals surface area contributed by atoms with Gasteiger partial charge in [-0.05, 0) is 57.2 Å². The fourth-order valence-electron chi connectivity index (χ4n) is 3.59. The van der Waals surface area contributed by atoms with E-state index in [-0.39, 0.29) is 12.1 Å². The van der Waals surface area contributed by atoms with Gasteiger partial charge in [0.15, 0.2) is 0 Å². The third-order valence-electron chi connectivity index (χ3n) is 4.71. The summed E-state index contributed by atoms with van der Waals surface area (Å²) in [6, 6.07) is 5.73. The molecule has 5 heteroatoms. The first-order valence-electron chi connectivity index (χ1n) is 7.90. The minimum atomic E-state index is -3.40. The number of hydrogen-bond acceptors (Lipinski definition) is 3. The first-order valence-corrected chi connectivity index (χ1v) is 9.34. The van der Waals surface area contributed by atoms with Crippen LogP contribution in [0.5, 0.6) is 0 Å². The molecule has 2 aliphatic heterocycles. The third-order valence-corrected chi connectivity index (χ3v) is 6.83. The summed E-state index contributed by atoms with van der Waals surface area (Å²) in [6.45, 7) is 4.96. The van der Waals surface area contributed by atoms with E-state index in [4.69, 9.17) is 0 Å². The van der Waals surface area contributed by atoms with Crippen molar-refractivity contribution in [2.24, 2.45) is 0 Å². The largest absolute Gasteiger partial charge is 0.385 e. The summed E-state index contributed by atoms with van der Waals surface area (Å²) >= 11 is 0. The second kappa shape index (κ2) is 5.61. The minimum absolute atomic E-state index is 0.0859. The first-order chi connectivity index (χ1) is 10.00. The van der Waals surface area contributed by atoms with Crippen LogP contribution in [-0.2, 0) is 16.4 Å². The fraction of sp³-hybridized carbons (Fsp3) is 0.625. The van der Waals surface area contributed by atoms with Crippen LogP contribution in [0, 0.1) is 0 Å². The van der Waals surface area contributed by atoms with Crippen LogP contribution in [0.15, 0.2) is 23.1 Å². The number of nitrogens with one attached hydrogen (secondary N) is 1. The van der Waals surface area contributed by atoms with Gasteiger partial charge < -0.3 is 5.32 Å². The molecular formula is C16H24N2O2S. The first kappa shape index (κ1) is 14.9. The Morgan fingerprint density at radius 1 is 1.14 bits per heavy atom. The molecule has 1 aromatic rings. The molecular weight excluding hydrogens is 284 g/mol. The molecule has 0 unspecified atom stereocenters. The molecule has 2 atom stereocenters. The van der Waals surface area contributed by atoms with Gasteiger partial charge >= 0.3 is 0 Å². The number of sulfonamides is 1. The molecule has 1 fully saturated rings. The Kier molecular flexibility index (Phi) is 3.97. The quantitative estimate of drug-likeness (QED) is 0.913. The molecule has 0 spiro atoms. The standard InChI is InChI=1S/C16H24N2O2S/c1-12-5-3-6-13(2)18(12)21(19,20)15-9-8-14-7-4-10-17-16(14)11-15/h8-9,11-13,17H,3-7,10H2,1-2H3/t12-,13+. The molecule has 0 aromatic heterocycles. The smallest absolute Gasteiger partial charge is 0.243 e. The van der Waals surface area contributed by atoms with Gasteiger partial charge in [0.2, 0.25) is 10.0 Å². The lowest BCUT2D eigenvalue weighted by Crippen LogP contribution is -2.47. The number of fused-ring (bicyclic) bond motifs is 1. The second-order valence-electron chi connectivity index (χ2n) is 6.31. The molecule has 0 aliphatic carbocycles. The monoisotopic (exact) mass is 308 g/mol. The minimum Gasteiger partial charge on any atom is -0.385 e. The summed E-state index contributed by atoms with van der Waals surface area (Å²) < 4.78 is 27.7. The van der Waals surface area contributed by atoms with Crippen molar-refractivity contribution >= 4 is 15.7 Å². The van der Waals surface area contributed by atoms with E-state index in [0.717, 1.165) is 44.3 Å². The average molecular weight is 308 g/mol. The van der Waals surface area contributed by atoms with E-state index >= 15 is 0 Å². The highest BCUT2D eigenvalue weighted by molar-refractivity contribution is 7.89. The van der Waals surface area contributed by atoms with Crippen molar-refractivity contribution in [3.63, 3.8) is 0 Å². The molecule has 0 bridgehead atoms. The van der Waals surface area contributed by atoms with E-state index in [9.17, 15) is 8.42 Å². The lowest BCUT2D eigenvalue weighted by atomic mass is 10.0. The van der Waals surface area contributed by atoms with Crippen molar-refractivity contribution < 1.29 is 8.42 Å². The molecule has 2 aliphatic rings. The molecule has 21 heavy (non-hydrogen) atoms. The zero-order valence-electron chi connectivity index (χ0n) is 12.8. The summed E-state index contributed by atoms with van der Waals surface area (Å²) in [5, 5.41) is 3.32. The number of aryl methyl sites for hydroxylation is 1. The van der Waals surface area contributed by atoms with Gasteiger partial charge in [-0.1, -0.05) is 12.5 Å². The van der Waals surface area contributed by atoms with Gasteiger partial charge in [0.05, 0.1) is 4.90 Å². The van der Waals surface area contributed by atoms with Crippen LogP contribution in [0.1, 0.15) is 45.1 Å². The molecule has 2 heterocycles. The van der Waals surface area contributed by atoms with E-state index < -0.39 is 10.0 Å². The third kappa shape index (κ3) is 2.69. The SMILES string of the molecule is C[C@@H]1CCC[C@H](C)N1S(=O)(=O)c1ccc2c(c1)NCCC2. The zero-order valence-corrected chi connectivity index (χ0v) is 13.6. The second-order valence-corrected chi connectivity index (χ2v) is 8.16. The number of piperidine rings is 1. The molecule has 4 nitrogen and oxygen atoms in total. The van der Waals surface area contributed by atoms with E-state index in [1.165, 1.54) is 5.56 Å². The highest BCUT2D eigenvalue weighted by Crippen LogP contribution is 2.32. The Morgan fingerprint density at radius 2 is 1.86 bits per heavy atom. The molecule has 0 amide bonds. The van der Waals surface area contributed by atoms with E-state index in [2.05, 4.69) is 5.32 Å². The Balaban J connectivity index is 1.97. The molecule has 0 saturated carbocycles. The van der Waals surface area contributed by atoms with Crippen LogP contribution >= 0.6 is 0 Å². The lowest BCUT2D eigenvalue weighted by molar-refractivity contribution is 0.204.